The van der Waals surface area contributed by atoms with Gasteiger partial charge >= 0.3 is 11.9 Å². The fourth-order valence-corrected chi connectivity index (χ4v) is 8.11. The van der Waals surface area contributed by atoms with E-state index in [1.165, 1.54) is 38.5 Å². The molecule has 0 aromatic carbocycles. The number of nitrogens with zero attached hydrogens (tertiary/aromatic N) is 1. The van der Waals surface area contributed by atoms with E-state index in [0.717, 1.165) is 135 Å². The number of unbranched alkanes of at least 4 members (excludes halogenated alkanes) is 16. The van der Waals surface area contributed by atoms with Gasteiger partial charge in [-0.1, -0.05) is 218 Å². The third-order valence-electron chi connectivity index (χ3n) is 11.9. The Morgan fingerprint density at radius 1 is 0.427 bits per heavy atom. The third-order valence-corrected chi connectivity index (χ3v) is 12.9. The Balaban J connectivity index is 4.19. The largest absolute Gasteiger partial charge is 0.756 e. The summed E-state index contributed by atoms with van der Waals surface area (Å²) in [5, 5.41) is 0. The average molecular weight is 1060 g/mol. The molecule has 0 aliphatic rings. The molecule has 0 N–H and O–H groups in total. The summed E-state index contributed by atoms with van der Waals surface area (Å²) in [5.74, 6) is -0.870. The third kappa shape index (κ3) is 59.3. The van der Waals surface area contributed by atoms with Crippen LogP contribution >= 0.6 is 7.82 Å². The standard InChI is InChI=1S/C65H108NO8P/c1-6-8-10-12-14-16-18-20-22-23-24-25-26-27-28-29-30-31-32-33-34-35-36-37-38-39-40-41-42-43-44-46-48-50-52-54-56-58-65(68)74-63(62-73-75(69,70)72-60-59-66(3,4)5)61-71-64(67)57-55-53-51-49-47-45-21-19-17-15-13-11-9-7-2/h8,10,14,16,19-22,24-25,27-28,30-31,33-34,36-37,39-40,42-43,63H,6-7,9,11-13,15,17-18,23,26,29,32,35,38,41,44-62H2,1-5H3/b10-8-,16-14-,21-19-,22-20-,25-24-,28-27-,31-30-,34-33-,37-36-,40-39-,43-42-. The van der Waals surface area contributed by atoms with Gasteiger partial charge in [0.2, 0.25) is 0 Å². The van der Waals surface area contributed by atoms with Crippen LogP contribution in [0.5, 0.6) is 0 Å². The number of esters is 2. The highest BCUT2D eigenvalue weighted by atomic mass is 31.2. The zero-order valence-electron chi connectivity index (χ0n) is 48.2. The zero-order chi connectivity index (χ0) is 54.9. The normalized spacial score (nSPS) is 14.3. The van der Waals surface area contributed by atoms with E-state index < -0.39 is 32.5 Å². The van der Waals surface area contributed by atoms with Gasteiger partial charge in [-0.2, -0.15) is 0 Å². The molecule has 0 spiro atoms. The van der Waals surface area contributed by atoms with Crippen LogP contribution in [0.3, 0.4) is 0 Å². The molecule has 0 saturated carbocycles. The molecule has 0 amide bonds. The Hall–Kier alpha value is -3.85. The molecule has 0 rings (SSSR count). The van der Waals surface area contributed by atoms with Crippen LogP contribution in [0.4, 0.5) is 0 Å². The molecule has 0 aromatic heterocycles. The molecule has 2 atom stereocenters. The highest BCUT2D eigenvalue weighted by Crippen LogP contribution is 2.38. The van der Waals surface area contributed by atoms with E-state index in [0.29, 0.717) is 23.9 Å². The van der Waals surface area contributed by atoms with Crippen LogP contribution in [0.15, 0.2) is 134 Å². The van der Waals surface area contributed by atoms with Crippen LogP contribution in [-0.2, 0) is 32.7 Å². The van der Waals surface area contributed by atoms with E-state index >= 15 is 0 Å². The van der Waals surface area contributed by atoms with Crippen molar-refractivity contribution in [2.75, 3.05) is 47.5 Å². The van der Waals surface area contributed by atoms with Crippen molar-refractivity contribution in [3.05, 3.63) is 134 Å². The van der Waals surface area contributed by atoms with Crippen molar-refractivity contribution < 1.29 is 42.1 Å². The monoisotopic (exact) mass is 1060 g/mol. The lowest BCUT2D eigenvalue weighted by Gasteiger charge is -2.28. The Bertz CT molecular complexity index is 1730. The number of phosphoric acid groups is 1. The number of hydrogen-bond donors (Lipinski definition) is 0. The first-order valence-corrected chi connectivity index (χ1v) is 30.9. The molecule has 0 saturated heterocycles. The van der Waals surface area contributed by atoms with Gasteiger partial charge in [0.1, 0.15) is 19.8 Å². The summed E-state index contributed by atoms with van der Waals surface area (Å²) in [6, 6.07) is 0. The first-order valence-electron chi connectivity index (χ1n) is 29.4. The fraction of sp³-hybridized carbons (Fsp3) is 0.631. The lowest BCUT2D eigenvalue weighted by molar-refractivity contribution is -0.870. The summed E-state index contributed by atoms with van der Waals surface area (Å²) in [5.41, 5.74) is 0. The Kier molecular flexibility index (Phi) is 52.1. The van der Waals surface area contributed by atoms with Crippen molar-refractivity contribution in [1.82, 2.24) is 0 Å². The molecule has 0 heterocycles. The minimum atomic E-state index is -4.65. The second kappa shape index (κ2) is 54.9. The number of rotatable bonds is 52. The molecular formula is C65H108NO8P. The molecule has 0 fully saturated rings. The van der Waals surface area contributed by atoms with Crippen molar-refractivity contribution in [3.8, 4) is 0 Å². The topological polar surface area (TPSA) is 111 Å². The maximum atomic E-state index is 12.8. The smallest absolute Gasteiger partial charge is 0.306 e. The quantitative estimate of drug-likeness (QED) is 0.0195. The first-order chi connectivity index (χ1) is 36.5. The molecule has 10 heteroatoms. The summed E-state index contributed by atoms with van der Waals surface area (Å²) in [4.78, 5) is 37.8. The van der Waals surface area contributed by atoms with Crippen molar-refractivity contribution in [2.24, 2.45) is 0 Å². The first kappa shape index (κ1) is 71.2. The molecule has 75 heavy (non-hydrogen) atoms. The van der Waals surface area contributed by atoms with Gasteiger partial charge in [0.25, 0.3) is 7.82 Å². The van der Waals surface area contributed by atoms with E-state index in [2.05, 4.69) is 148 Å². The summed E-state index contributed by atoms with van der Waals surface area (Å²) < 4.78 is 34.1. The van der Waals surface area contributed by atoms with E-state index in [-0.39, 0.29) is 26.1 Å². The summed E-state index contributed by atoms with van der Waals surface area (Å²) in [6.45, 7) is 4.06. The Morgan fingerprint density at radius 2 is 0.760 bits per heavy atom. The van der Waals surface area contributed by atoms with Gasteiger partial charge in [0.15, 0.2) is 6.10 Å². The van der Waals surface area contributed by atoms with Gasteiger partial charge in [0.05, 0.1) is 27.7 Å². The van der Waals surface area contributed by atoms with Gasteiger partial charge < -0.3 is 27.9 Å². The molecule has 9 nitrogen and oxygen atoms in total. The second-order valence-electron chi connectivity index (χ2n) is 20.3. The number of carbonyl (C=O) groups excluding carboxylic acids is 2. The van der Waals surface area contributed by atoms with E-state index in [1.54, 1.807) is 0 Å². The molecular weight excluding hydrogens is 954 g/mol. The Labute approximate surface area is 460 Å². The van der Waals surface area contributed by atoms with Crippen LogP contribution in [0.2, 0.25) is 0 Å². The highest BCUT2D eigenvalue weighted by molar-refractivity contribution is 7.45. The van der Waals surface area contributed by atoms with E-state index in [9.17, 15) is 19.0 Å². The zero-order valence-corrected chi connectivity index (χ0v) is 49.1. The molecule has 0 bridgehead atoms. The average Bonchev–Trinajstić information content (AvgIpc) is 3.37. The number of hydrogen-bond acceptors (Lipinski definition) is 8. The van der Waals surface area contributed by atoms with Crippen molar-refractivity contribution >= 4 is 19.8 Å². The maximum Gasteiger partial charge on any atom is 0.306 e. The van der Waals surface area contributed by atoms with Crippen molar-refractivity contribution in [2.45, 2.75) is 219 Å². The number of carbonyl (C=O) groups is 2. The molecule has 2 unspecified atom stereocenters. The van der Waals surface area contributed by atoms with Gasteiger partial charge in [-0.05, 0) is 116 Å². The van der Waals surface area contributed by atoms with Crippen molar-refractivity contribution in [1.29, 1.82) is 0 Å². The number of phosphoric ester groups is 1. The minimum absolute atomic E-state index is 0.0419. The predicted molar refractivity (Wildman–Crippen MR) is 318 cm³/mol. The summed E-state index contributed by atoms with van der Waals surface area (Å²) in [7, 11) is 1.13. The van der Waals surface area contributed by atoms with Gasteiger partial charge in [0, 0.05) is 12.8 Å². The number of ether oxygens (including phenoxy) is 2. The van der Waals surface area contributed by atoms with Crippen LogP contribution < -0.4 is 4.89 Å². The van der Waals surface area contributed by atoms with E-state index in [1.807, 2.05) is 21.1 Å². The predicted octanol–water partition coefficient (Wildman–Crippen LogP) is 17.9. The summed E-state index contributed by atoms with van der Waals surface area (Å²) in [6.07, 6.45) is 79.3. The van der Waals surface area contributed by atoms with Crippen molar-refractivity contribution in [3.63, 3.8) is 0 Å². The maximum absolute atomic E-state index is 12.8. The molecule has 426 valence electrons. The van der Waals surface area contributed by atoms with Crippen LogP contribution in [-0.4, -0.2) is 70.0 Å². The minimum Gasteiger partial charge on any atom is -0.756 e. The number of likely N-dealkylation sites (N-methyl/N-ethyl adjacent to an activating group) is 1. The highest BCUT2D eigenvalue weighted by Gasteiger charge is 2.21. The lowest BCUT2D eigenvalue weighted by atomic mass is 10.1. The van der Waals surface area contributed by atoms with Crippen LogP contribution in [0.25, 0.3) is 0 Å². The second-order valence-corrected chi connectivity index (χ2v) is 21.7. The van der Waals surface area contributed by atoms with E-state index in [4.69, 9.17) is 18.5 Å². The molecule has 0 radical (unpaired) electrons. The molecule has 0 aromatic rings. The SMILES string of the molecule is CC/C=C\C/C=C\C/C=C\C/C=C\C/C=C\C/C=C\C/C=C\C/C=C\C/C=C\C/C=C\CCCCCCCCC(=O)OC(COC(=O)CCCCCCC/C=C\CCCCCCC)COP(=O)([O-])OCC[N+](C)(C)C. The molecule has 0 aliphatic carbocycles. The van der Waals surface area contributed by atoms with Gasteiger partial charge in [-0.25, -0.2) is 0 Å². The number of allylic oxidation sites excluding steroid dienone is 22. The molecule has 0 aliphatic heterocycles. The Morgan fingerprint density at radius 3 is 1.15 bits per heavy atom. The van der Waals surface area contributed by atoms with Gasteiger partial charge in [-0.3, -0.25) is 14.2 Å². The van der Waals surface area contributed by atoms with Crippen LogP contribution in [0.1, 0.15) is 213 Å². The summed E-state index contributed by atoms with van der Waals surface area (Å²) >= 11 is 0. The number of quaternary nitrogens is 1. The fourth-order valence-electron chi connectivity index (χ4n) is 7.38. The lowest BCUT2D eigenvalue weighted by Crippen LogP contribution is -2.37. The van der Waals surface area contributed by atoms with Crippen LogP contribution in [0, 0.1) is 0 Å². The van der Waals surface area contributed by atoms with Gasteiger partial charge in [-0.15, -0.1) is 0 Å².